The number of nitrogens with two attached hydrogens (primary N) is 1. The lowest BCUT2D eigenvalue weighted by Crippen LogP contribution is -2.62. The second-order valence-electron chi connectivity index (χ2n) is 15.9. The number of likely N-dealkylation sites (N-methyl/N-ethyl adjacent to an activating group) is 1. The molecule has 0 radical (unpaired) electrons. The Hall–Kier alpha value is -4.92. The average molecular weight is 855 g/mol. The quantitative estimate of drug-likeness (QED) is 0.0314. The maximum atomic E-state index is 12.2. The standard InChI is InChI=1S/C43H54N2O16/c1-22(2)10-29-38-27(14-33-40(29)57-21-56-33)30-19-53-32-13-24(11-23-6-4-7-26(47)12-23)31(15-28(32)39(30)59-38)60-61-42-37(51)41(52-9-5-8-46)34(20-54-36(50)16-35(48)49)58-43(42)55-18-25(44)17-45-3/h4,6-7,12-15,22,25,30,34,37,39,41-43,45-47,51H,5,8-11,16-21,44H2,1-3H3,(H,48,49). The molecule has 7 N–H and O–H groups in total. The van der Waals surface area contributed by atoms with Gasteiger partial charge in [0.25, 0.3) is 0 Å². The number of rotatable bonds is 20. The first-order valence-corrected chi connectivity index (χ1v) is 20.4. The van der Waals surface area contributed by atoms with Crippen LogP contribution >= 0.6 is 0 Å². The van der Waals surface area contributed by atoms with Crippen molar-refractivity contribution in [3.05, 3.63) is 70.3 Å². The molecule has 0 aliphatic carbocycles. The summed E-state index contributed by atoms with van der Waals surface area (Å²) in [7, 11) is 1.73. The number of phenols is 1. The number of benzene rings is 3. The molecule has 61 heavy (non-hydrogen) atoms. The Morgan fingerprint density at radius 2 is 1.85 bits per heavy atom. The molecule has 332 valence electrons. The largest absolute Gasteiger partial charge is 0.508 e. The summed E-state index contributed by atoms with van der Waals surface area (Å²) in [6, 6.07) is 11.8. The Bertz CT molecular complexity index is 2010. The number of carbonyl (C=O) groups excluding carboxylic acids is 1. The molecule has 3 aromatic rings. The van der Waals surface area contributed by atoms with Crippen LogP contribution in [0.2, 0.25) is 0 Å². The molecule has 4 aliphatic rings. The highest BCUT2D eigenvalue weighted by molar-refractivity contribution is 5.90. The number of ether oxygens (including phenoxy) is 8. The Labute approximate surface area is 352 Å². The molecule has 0 aromatic heterocycles. The highest BCUT2D eigenvalue weighted by atomic mass is 17.2. The number of carbonyl (C=O) groups is 2. The molecule has 18 heteroatoms. The number of hydrogen-bond acceptors (Lipinski definition) is 17. The minimum atomic E-state index is -1.54. The van der Waals surface area contributed by atoms with Crippen LogP contribution in [0.4, 0.5) is 0 Å². The second kappa shape index (κ2) is 19.9. The summed E-state index contributed by atoms with van der Waals surface area (Å²) in [4.78, 5) is 35.6. The first-order valence-electron chi connectivity index (χ1n) is 20.4. The van der Waals surface area contributed by atoms with Gasteiger partial charge in [-0.3, -0.25) is 9.59 Å². The van der Waals surface area contributed by atoms with Crippen molar-refractivity contribution in [3.8, 4) is 34.5 Å². The van der Waals surface area contributed by atoms with Crippen molar-refractivity contribution < 1.29 is 77.7 Å². The van der Waals surface area contributed by atoms with Crippen molar-refractivity contribution in [3.63, 3.8) is 0 Å². The first-order chi connectivity index (χ1) is 29.4. The maximum Gasteiger partial charge on any atom is 0.317 e. The third-order valence-electron chi connectivity index (χ3n) is 10.7. The molecule has 0 saturated carbocycles. The van der Waals surface area contributed by atoms with Crippen LogP contribution in [0.15, 0.2) is 42.5 Å². The van der Waals surface area contributed by atoms with Gasteiger partial charge < -0.3 is 74.3 Å². The Morgan fingerprint density at radius 1 is 1.02 bits per heavy atom. The van der Waals surface area contributed by atoms with Gasteiger partial charge in [0.05, 0.1) is 19.1 Å². The lowest BCUT2D eigenvalue weighted by Gasteiger charge is -2.43. The number of carboxylic acids is 1. The van der Waals surface area contributed by atoms with Gasteiger partial charge >= 0.3 is 11.9 Å². The van der Waals surface area contributed by atoms with Crippen molar-refractivity contribution >= 4 is 11.9 Å². The fourth-order valence-electron chi connectivity index (χ4n) is 7.95. The van der Waals surface area contributed by atoms with Gasteiger partial charge in [0.1, 0.15) is 54.7 Å². The summed E-state index contributed by atoms with van der Waals surface area (Å²) in [5, 5.41) is 43.7. The van der Waals surface area contributed by atoms with Crippen LogP contribution in [0.3, 0.4) is 0 Å². The van der Waals surface area contributed by atoms with Gasteiger partial charge in [0.2, 0.25) is 6.79 Å². The van der Waals surface area contributed by atoms with E-state index in [1.54, 1.807) is 31.3 Å². The number of aliphatic hydroxyl groups excluding tert-OH is 2. The molecule has 1 saturated heterocycles. The number of phenolic OH excluding ortho intramolecular Hbond substituents is 1. The number of esters is 1. The van der Waals surface area contributed by atoms with Crippen LogP contribution in [0.25, 0.3) is 0 Å². The van der Waals surface area contributed by atoms with Gasteiger partial charge in [-0.1, -0.05) is 26.0 Å². The van der Waals surface area contributed by atoms with Gasteiger partial charge in [0.15, 0.2) is 29.6 Å². The van der Waals surface area contributed by atoms with Crippen LogP contribution in [-0.2, 0) is 46.3 Å². The highest BCUT2D eigenvalue weighted by Crippen LogP contribution is 2.57. The molecular weight excluding hydrogens is 800 g/mol. The van der Waals surface area contributed by atoms with E-state index >= 15 is 0 Å². The van der Waals surface area contributed by atoms with Crippen LogP contribution in [0.5, 0.6) is 34.5 Å². The van der Waals surface area contributed by atoms with E-state index in [2.05, 4.69) is 19.2 Å². The normalized spacial score (nSPS) is 24.0. The zero-order chi connectivity index (χ0) is 43.2. The van der Waals surface area contributed by atoms with Gasteiger partial charge in [-0.25, -0.2) is 0 Å². The molecule has 18 nitrogen and oxygen atoms in total. The minimum Gasteiger partial charge on any atom is -0.508 e. The maximum absolute atomic E-state index is 12.2. The molecule has 8 atom stereocenters. The van der Waals surface area contributed by atoms with Crippen LogP contribution in [0.1, 0.15) is 66.5 Å². The van der Waals surface area contributed by atoms with E-state index < -0.39 is 67.8 Å². The van der Waals surface area contributed by atoms with Crippen LogP contribution < -0.4 is 34.9 Å². The van der Waals surface area contributed by atoms with E-state index in [-0.39, 0.29) is 56.9 Å². The fourth-order valence-corrected chi connectivity index (χ4v) is 7.95. The van der Waals surface area contributed by atoms with E-state index in [0.29, 0.717) is 53.9 Å². The number of aliphatic hydroxyl groups is 2. The van der Waals surface area contributed by atoms with Gasteiger partial charge in [-0.2, -0.15) is 4.89 Å². The van der Waals surface area contributed by atoms with Crippen molar-refractivity contribution in [2.24, 2.45) is 11.7 Å². The smallest absolute Gasteiger partial charge is 0.317 e. The summed E-state index contributed by atoms with van der Waals surface area (Å²) in [6.45, 7) is 4.32. The van der Waals surface area contributed by atoms with Crippen molar-refractivity contribution in [2.45, 2.75) is 88.3 Å². The topological polar surface area (TPSA) is 245 Å². The summed E-state index contributed by atoms with van der Waals surface area (Å²) in [5.41, 5.74) is 10.2. The van der Waals surface area contributed by atoms with Crippen molar-refractivity contribution in [2.75, 3.05) is 53.4 Å². The van der Waals surface area contributed by atoms with Gasteiger partial charge in [-0.15, -0.1) is 0 Å². The molecule has 0 spiro atoms. The first kappa shape index (κ1) is 44.1. The lowest BCUT2D eigenvalue weighted by molar-refractivity contribution is -0.376. The van der Waals surface area contributed by atoms with Crippen LogP contribution in [-0.4, -0.2) is 123 Å². The molecule has 7 rings (SSSR count). The summed E-state index contributed by atoms with van der Waals surface area (Å²) < 4.78 is 48.4. The lowest BCUT2D eigenvalue weighted by atomic mass is 9.86. The fraction of sp³-hybridized carbons (Fsp3) is 0.535. The van der Waals surface area contributed by atoms with Crippen LogP contribution in [0, 0.1) is 5.92 Å². The highest BCUT2D eigenvalue weighted by Gasteiger charge is 2.50. The Balaban J connectivity index is 1.21. The number of aliphatic carboxylic acids is 1. The van der Waals surface area contributed by atoms with E-state index in [1.165, 1.54) is 0 Å². The van der Waals surface area contributed by atoms with E-state index in [0.717, 1.165) is 22.4 Å². The predicted molar refractivity (Wildman–Crippen MR) is 213 cm³/mol. The second-order valence-corrected chi connectivity index (χ2v) is 15.9. The molecule has 4 aliphatic heterocycles. The number of fused-ring (bicyclic) bond motifs is 6. The summed E-state index contributed by atoms with van der Waals surface area (Å²) >= 11 is 0. The molecule has 1 fully saturated rings. The SMILES string of the molecule is CNCC(N)COC1OC(COC(=O)CC(=O)O)C(OCCCO)C(O)C1OOc1cc2c(cc1Cc1cccc(O)c1)OCC1c3cc4c(c(CC(C)C)c3OC21)OCO4. The van der Waals surface area contributed by atoms with Gasteiger partial charge in [0, 0.05) is 54.5 Å². The third-order valence-corrected chi connectivity index (χ3v) is 10.7. The molecule has 4 heterocycles. The Morgan fingerprint density at radius 3 is 2.61 bits per heavy atom. The van der Waals surface area contributed by atoms with E-state index in [4.69, 9.17) is 58.5 Å². The number of nitrogens with one attached hydrogen (secondary N) is 1. The third kappa shape index (κ3) is 10.2. The Kier molecular flexibility index (Phi) is 14.4. The molecule has 0 amide bonds. The number of aromatic hydroxyl groups is 1. The zero-order valence-electron chi connectivity index (χ0n) is 34.3. The number of carboxylic acid groups (broad SMARTS) is 1. The van der Waals surface area contributed by atoms with Crippen molar-refractivity contribution in [1.29, 1.82) is 0 Å². The molecule has 8 unspecified atom stereocenters. The molecule has 3 aromatic carbocycles. The average Bonchev–Trinajstić information content (AvgIpc) is 3.85. The van der Waals surface area contributed by atoms with E-state index in [1.807, 2.05) is 18.2 Å². The predicted octanol–water partition coefficient (Wildman–Crippen LogP) is 2.63. The number of hydrogen-bond donors (Lipinski definition) is 6. The van der Waals surface area contributed by atoms with Crippen molar-refractivity contribution in [1.82, 2.24) is 5.32 Å². The van der Waals surface area contributed by atoms with E-state index in [9.17, 15) is 24.9 Å². The van der Waals surface area contributed by atoms with Gasteiger partial charge in [-0.05, 0) is 61.7 Å². The molecular formula is C43H54N2O16. The molecule has 0 bridgehead atoms. The zero-order valence-corrected chi connectivity index (χ0v) is 34.3. The summed E-state index contributed by atoms with van der Waals surface area (Å²) in [6.07, 6.45) is -6.85. The summed E-state index contributed by atoms with van der Waals surface area (Å²) in [5.74, 6) is 0.683. The minimum absolute atomic E-state index is 0.0166. The monoisotopic (exact) mass is 854 g/mol.